The molecular formula is C20H21N2O4+. The third kappa shape index (κ3) is 3.81. The fraction of sp³-hybridized carbons (Fsp3) is 0.250. The van der Waals surface area contributed by atoms with Crippen molar-refractivity contribution >= 4 is 23.5 Å². The first-order chi connectivity index (χ1) is 12.6. The largest absolute Gasteiger partial charge is 0.462 e. The van der Waals surface area contributed by atoms with Crippen LogP contribution in [0.2, 0.25) is 0 Å². The Labute approximate surface area is 151 Å². The van der Waals surface area contributed by atoms with Gasteiger partial charge in [0.15, 0.2) is 6.04 Å². The number of amides is 2. The van der Waals surface area contributed by atoms with Gasteiger partial charge in [0.2, 0.25) is 5.91 Å². The van der Waals surface area contributed by atoms with Crippen LogP contribution in [0.5, 0.6) is 0 Å². The van der Waals surface area contributed by atoms with Crippen molar-refractivity contribution in [2.75, 3.05) is 11.5 Å². The highest BCUT2D eigenvalue weighted by atomic mass is 16.5. The maximum atomic E-state index is 12.6. The minimum absolute atomic E-state index is 0.172. The molecule has 6 heteroatoms. The fourth-order valence-corrected chi connectivity index (χ4v) is 2.96. The summed E-state index contributed by atoms with van der Waals surface area (Å²) >= 11 is 0. The lowest BCUT2D eigenvalue weighted by atomic mass is 10.2. The number of nitrogens with two attached hydrogens (primary N) is 1. The number of rotatable bonds is 6. The molecule has 0 spiro atoms. The van der Waals surface area contributed by atoms with Crippen LogP contribution in [-0.2, 0) is 20.9 Å². The number of hydrogen-bond acceptors (Lipinski definition) is 4. The molecule has 1 aliphatic heterocycles. The van der Waals surface area contributed by atoms with E-state index in [-0.39, 0.29) is 18.2 Å². The quantitative estimate of drug-likeness (QED) is 0.626. The number of ether oxygens (including phenoxy) is 1. The summed E-state index contributed by atoms with van der Waals surface area (Å²) in [6.07, 6.45) is 0.172. The number of imide groups is 1. The lowest BCUT2D eigenvalue weighted by molar-refractivity contribution is -0.690. The zero-order valence-corrected chi connectivity index (χ0v) is 14.6. The van der Waals surface area contributed by atoms with E-state index >= 15 is 0 Å². The molecule has 26 heavy (non-hydrogen) atoms. The van der Waals surface area contributed by atoms with Crippen molar-refractivity contribution in [3.05, 3.63) is 65.7 Å². The van der Waals surface area contributed by atoms with Crippen LogP contribution in [-0.4, -0.2) is 30.4 Å². The Morgan fingerprint density at radius 1 is 1.12 bits per heavy atom. The molecule has 1 fully saturated rings. The third-order valence-electron chi connectivity index (χ3n) is 4.30. The van der Waals surface area contributed by atoms with Gasteiger partial charge >= 0.3 is 5.97 Å². The van der Waals surface area contributed by atoms with E-state index in [9.17, 15) is 14.4 Å². The maximum Gasteiger partial charge on any atom is 0.338 e. The van der Waals surface area contributed by atoms with Crippen molar-refractivity contribution in [1.29, 1.82) is 0 Å². The van der Waals surface area contributed by atoms with Gasteiger partial charge < -0.3 is 10.1 Å². The summed E-state index contributed by atoms with van der Waals surface area (Å²) in [4.78, 5) is 37.9. The first-order valence-corrected chi connectivity index (χ1v) is 8.61. The average Bonchev–Trinajstić information content (AvgIpc) is 2.95. The second-order valence-electron chi connectivity index (χ2n) is 6.07. The molecule has 0 radical (unpaired) electrons. The summed E-state index contributed by atoms with van der Waals surface area (Å²) in [6, 6.07) is 15.7. The predicted molar refractivity (Wildman–Crippen MR) is 95.4 cm³/mol. The minimum atomic E-state index is -0.424. The minimum Gasteiger partial charge on any atom is -0.462 e. The zero-order chi connectivity index (χ0) is 18.5. The van der Waals surface area contributed by atoms with Crippen LogP contribution >= 0.6 is 0 Å². The van der Waals surface area contributed by atoms with Crippen molar-refractivity contribution in [3.8, 4) is 0 Å². The molecule has 134 valence electrons. The molecule has 1 heterocycles. The van der Waals surface area contributed by atoms with Gasteiger partial charge in [0.1, 0.15) is 6.54 Å². The van der Waals surface area contributed by atoms with E-state index < -0.39 is 12.0 Å². The molecule has 6 nitrogen and oxygen atoms in total. The van der Waals surface area contributed by atoms with E-state index in [4.69, 9.17) is 4.74 Å². The Morgan fingerprint density at radius 3 is 2.46 bits per heavy atom. The number of benzene rings is 2. The molecule has 0 saturated carbocycles. The molecule has 0 aliphatic carbocycles. The predicted octanol–water partition coefficient (Wildman–Crippen LogP) is 1.26. The Morgan fingerprint density at radius 2 is 1.81 bits per heavy atom. The number of esters is 1. The molecule has 1 saturated heterocycles. The number of nitrogens with zero attached hydrogens (tertiary/aromatic N) is 1. The van der Waals surface area contributed by atoms with Gasteiger partial charge in [-0.05, 0) is 31.2 Å². The smallest absolute Gasteiger partial charge is 0.338 e. The first-order valence-electron chi connectivity index (χ1n) is 8.61. The van der Waals surface area contributed by atoms with Gasteiger partial charge in [0, 0.05) is 5.56 Å². The molecule has 3 rings (SSSR count). The summed E-state index contributed by atoms with van der Waals surface area (Å²) in [6.45, 7) is 2.67. The highest BCUT2D eigenvalue weighted by Gasteiger charge is 2.42. The van der Waals surface area contributed by atoms with Gasteiger partial charge in [-0.2, -0.15) is 0 Å². The van der Waals surface area contributed by atoms with Crippen LogP contribution in [0.3, 0.4) is 0 Å². The Balaban J connectivity index is 1.67. The number of carbonyl (C=O) groups is 3. The molecule has 0 bridgehead atoms. The SMILES string of the molecule is CCOC(=O)c1ccc(N2C(=O)C[C@@H]([NH2+]Cc3ccccc3)C2=O)cc1. The van der Waals surface area contributed by atoms with Crippen molar-refractivity contribution in [2.45, 2.75) is 25.9 Å². The molecule has 2 N–H and O–H groups in total. The third-order valence-corrected chi connectivity index (χ3v) is 4.30. The first kappa shape index (κ1) is 17.8. The van der Waals surface area contributed by atoms with E-state index in [0.29, 0.717) is 24.4 Å². The molecule has 2 aromatic carbocycles. The molecule has 1 atom stereocenters. The molecular weight excluding hydrogens is 332 g/mol. The number of hydrogen-bond donors (Lipinski definition) is 1. The van der Waals surface area contributed by atoms with E-state index in [0.717, 1.165) is 5.56 Å². The summed E-state index contributed by atoms with van der Waals surface area (Å²) in [5.74, 6) is -0.879. The van der Waals surface area contributed by atoms with Crippen LogP contribution in [0, 0.1) is 0 Å². The Hall–Kier alpha value is -2.99. The highest BCUT2D eigenvalue weighted by molar-refractivity contribution is 6.21. The van der Waals surface area contributed by atoms with Crippen LogP contribution in [0.4, 0.5) is 5.69 Å². The number of anilines is 1. The Bertz CT molecular complexity index is 802. The van der Waals surface area contributed by atoms with Crippen molar-refractivity contribution in [1.82, 2.24) is 0 Å². The van der Waals surface area contributed by atoms with Gasteiger partial charge in [0.05, 0.1) is 24.3 Å². The zero-order valence-electron chi connectivity index (χ0n) is 14.6. The van der Waals surface area contributed by atoms with E-state index in [1.807, 2.05) is 35.6 Å². The standard InChI is InChI=1S/C20H20N2O4/c1-2-26-20(25)15-8-10-16(11-9-15)22-18(23)12-17(19(22)24)21-13-14-6-4-3-5-7-14/h3-11,17,21H,2,12-13H2,1H3/p+1/t17-/m1/s1. The van der Waals surface area contributed by atoms with Crippen LogP contribution in [0.15, 0.2) is 54.6 Å². The lowest BCUT2D eigenvalue weighted by Crippen LogP contribution is -2.90. The molecule has 0 aromatic heterocycles. The number of carbonyl (C=O) groups excluding carboxylic acids is 3. The topological polar surface area (TPSA) is 80.3 Å². The molecule has 2 aromatic rings. The van der Waals surface area contributed by atoms with Crippen molar-refractivity contribution in [2.24, 2.45) is 0 Å². The average molecular weight is 353 g/mol. The highest BCUT2D eigenvalue weighted by Crippen LogP contribution is 2.22. The molecule has 2 amide bonds. The van der Waals surface area contributed by atoms with E-state index in [1.165, 1.54) is 4.90 Å². The van der Waals surface area contributed by atoms with Gasteiger partial charge in [-0.25, -0.2) is 9.69 Å². The number of quaternary nitrogens is 1. The second-order valence-corrected chi connectivity index (χ2v) is 6.07. The van der Waals surface area contributed by atoms with Gasteiger partial charge in [-0.15, -0.1) is 0 Å². The molecule has 0 unspecified atom stereocenters. The summed E-state index contributed by atoms with van der Waals surface area (Å²) in [7, 11) is 0. The summed E-state index contributed by atoms with van der Waals surface area (Å²) in [5, 5.41) is 1.89. The monoisotopic (exact) mass is 353 g/mol. The van der Waals surface area contributed by atoms with E-state index in [1.54, 1.807) is 31.2 Å². The van der Waals surface area contributed by atoms with E-state index in [2.05, 4.69) is 0 Å². The van der Waals surface area contributed by atoms with Crippen LogP contribution in [0.25, 0.3) is 0 Å². The van der Waals surface area contributed by atoms with Crippen LogP contribution < -0.4 is 10.2 Å². The summed E-state index contributed by atoms with van der Waals surface area (Å²) < 4.78 is 4.94. The van der Waals surface area contributed by atoms with Crippen LogP contribution in [0.1, 0.15) is 29.3 Å². The Kier molecular flexibility index (Phi) is 5.43. The second kappa shape index (κ2) is 7.93. The maximum absolute atomic E-state index is 12.6. The fourth-order valence-electron chi connectivity index (χ4n) is 2.96. The van der Waals surface area contributed by atoms with Crippen molar-refractivity contribution < 1.29 is 24.4 Å². The van der Waals surface area contributed by atoms with Gasteiger partial charge in [0.25, 0.3) is 5.91 Å². The van der Waals surface area contributed by atoms with Crippen molar-refractivity contribution in [3.63, 3.8) is 0 Å². The van der Waals surface area contributed by atoms with Gasteiger partial charge in [-0.3, -0.25) is 9.59 Å². The summed E-state index contributed by atoms with van der Waals surface area (Å²) in [5.41, 5.74) is 1.97. The molecule has 1 aliphatic rings. The van der Waals surface area contributed by atoms with Gasteiger partial charge in [-0.1, -0.05) is 30.3 Å². The lowest BCUT2D eigenvalue weighted by Gasteiger charge is -2.14. The normalized spacial score (nSPS) is 16.8.